The summed E-state index contributed by atoms with van der Waals surface area (Å²) < 4.78 is 66.8. The Hall–Kier alpha value is -0.870. The lowest BCUT2D eigenvalue weighted by atomic mass is 9.81. The van der Waals surface area contributed by atoms with Crippen molar-refractivity contribution in [1.82, 2.24) is 0 Å². The highest BCUT2D eigenvalue weighted by molar-refractivity contribution is 5.79. The van der Waals surface area contributed by atoms with E-state index in [9.17, 15) is 4.79 Å². The van der Waals surface area contributed by atoms with Gasteiger partial charge >= 0.3 is 11.9 Å². The van der Waals surface area contributed by atoms with Crippen molar-refractivity contribution in [2.24, 2.45) is 0 Å². The summed E-state index contributed by atoms with van der Waals surface area (Å²) in [6, 6.07) is 0. The Labute approximate surface area is 216 Å². The van der Waals surface area contributed by atoms with Gasteiger partial charge in [-0.25, -0.2) is 4.79 Å². The number of carbonyl (C=O) groups excluding carboxylic acids is 1. The largest absolute Gasteiger partial charge is 0.461 e. The highest BCUT2D eigenvalue weighted by Crippen LogP contribution is 2.45. The first-order valence-electron chi connectivity index (χ1n) is 13.9. The molecule has 0 saturated carbocycles. The highest BCUT2D eigenvalue weighted by Gasteiger charge is 2.69. The Balaban J connectivity index is 3.47. The number of carbonyl (C=O) groups is 1. The molecule has 1 fully saturated rings. The molecular formula is C27H50F2O7. The Bertz CT molecular complexity index is 592. The van der Waals surface area contributed by atoms with Crippen molar-refractivity contribution in [2.45, 2.75) is 129 Å². The number of alkyl halides is 2. The van der Waals surface area contributed by atoms with Gasteiger partial charge in [0, 0.05) is 26.4 Å². The van der Waals surface area contributed by atoms with Crippen molar-refractivity contribution in [1.29, 1.82) is 0 Å². The molecule has 0 aromatic rings. The van der Waals surface area contributed by atoms with Crippen molar-refractivity contribution in [3.8, 4) is 0 Å². The molecule has 0 aliphatic carbocycles. The third kappa shape index (κ3) is 9.15. The predicted octanol–water partition coefficient (Wildman–Crippen LogP) is 5.71. The molecule has 0 bridgehead atoms. The molecule has 0 N–H and O–H groups in total. The lowest BCUT2D eigenvalue weighted by Gasteiger charge is -2.53. The third-order valence-electron chi connectivity index (χ3n) is 6.42. The number of ether oxygens (including phenoxy) is 6. The van der Waals surface area contributed by atoms with Crippen LogP contribution in [0.25, 0.3) is 0 Å². The number of halogens is 2. The topological polar surface area (TPSA) is 72.5 Å². The maximum Gasteiger partial charge on any atom is 0.380 e. The molecule has 5 atom stereocenters. The molecule has 0 aromatic heterocycles. The van der Waals surface area contributed by atoms with Gasteiger partial charge in [-0.15, -0.1) is 0 Å². The zero-order valence-corrected chi connectivity index (χ0v) is 23.3. The molecule has 0 amide bonds. The van der Waals surface area contributed by atoms with Gasteiger partial charge in [0.1, 0.15) is 24.4 Å². The molecule has 1 rings (SSSR count). The van der Waals surface area contributed by atoms with E-state index in [0.717, 1.165) is 44.9 Å². The molecule has 0 aromatic carbocycles. The fraction of sp³-hybridized carbons (Fsp3) is 0.963. The van der Waals surface area contributed by atoms with Crippen LogP contribution >= 0.6 is 0 Å². The van der Waals surface area contributed by atoms with Crippen molar-refractivity contribution < 1.29 is 42.0 Å². The Kier molecular flexibility index (Phi) is 16.2. The van der Waals surface area contributed by atoms with Crippen LogP contribution in [0, 0.1) is 0 Å². The molecule has 1 heterocycles. The fourth-order valence-corrected chi connectivity index (χ4v) is 4.12. The number of hydrogen-bond acceptors (Lipinski definition) is 7. The first-order chi connectivity index (χ1) is 17.2. The smallest absolute Gasteiger partial charge is 0.380 e. The normalized spacial score (nSPS) is 26.8. The van der Waals surface area contributed by atoms with E-state index < -0.39 is 41.9 Å². The standard InChI is InChI=1S/C27H50F2O7/c1-7-12-16-31-20-21-22(33-17-13-8-2)23(34-18-14-9-3)24(35-19-15-10-4)26(6,36-21)27(28,29)25(30)32-11-5/h21-24H,7-20H2,1-6H3/t21-,22+,23+,24-,26-/m1/s1. The van der Waals surface area contributed by atoms with Crippen LogP contribution in [0.1, 0.15) is 92.9 Å². The third-order valence-corrected chi connectivity index (χ3v) is 6.42. The highest BCUT2D eigenvalue weighted by atomic mass is 19.3. The Morgan fingerprint density at radius 3 is 1.83 bits per heavy atom. The van der Waals surface area contributed by atoms with Crippen molar-refractivity contribution in [3.05, 3.63) is 0 Å². The van der Waals surface area contributed by atoms with Crippen LogP contribution in [0.15, 0.2) is 0 Å². The van der Waals surface area contributed by atoms with Crippen molar-refractivity contribution in [3.63, 3.8) is 0 Å². The van der Waals surface area contributed by atoms with Crippen LogP contribution in [0.2, 0.25) is 0 Å². The molecular weight excluding hydrogens is 474 g/mol. The maximum absolute atomic E-state index is 15.8. The second kappa shape index (κ2) is 17.6. The van der Waals surface area contributed by atoms with Crippen LogP contribution in [0.4, 0.5) is 8.78 Å². The minimum Gasteiger partial charge on any atom is -0.461 e. The van der Waals surface area contributed by atoms with Gasteiger partial charge < -0.3 is 28.4 Å². The van der Waals surface area contributed by atoms with Crippen LogP contribution < -0.4 is 0 Å². The monoisotopic (exact) mass is 524 g/mol. The number of rotatable bonds is 20. The van der Waals surface area contributed by atoms with Gasteiger partial charge in [0.05, 0.1) is 13.2 Å². The van der Waals surface area contributed by atoms with Crippen LogP contribution in [0.3, 0.4) is 0 Å². The predicted molar refractivity (Wildman–Crippen MR) is 135 cm³/mol. The summed E-state index contributed by atoms with van der Waals surface area (Å²) in [7, 11) is 0. The van der Waals surface area contributed by atoms with Crippen molar-refractivity contribution in [2.75, 3.05) is 39.6 Å². The SMILES string of the molecule is CCCCOC[C@H]1O[C@@](C)(C(F)(F)C(=O)OCC)[C@H](OCCCC)[C@@H](OCCCC)[C@H]1OCCCC. The summed E-state index contributed by atoms with van der Waals surface area (Å²) in [5.74, 6) is -5.62. The summed E-state index contributed by atoms with van der Waals surface area (Å²) in [5.41, 5.74) is -2.34. The van der Waals surface area contributed by atoms with Gasteiger partial charge in [0.15, 0.2) is 5.60 Å². The number of unbranched alkanes of at least 4 members (excludes halogenated alkanes) is 4. The van der Waals surface area contributed by atoms with E-state index in [2.05, 4.69) is 6.92 Å². The van der Waals surface area contributed by atoms with Crippen LogP contribution in [-0.2, 0) is 33.2 Å². The molecule has 0 radical (unpaired) electrons. The van der Waals surface area contributed by atoms with E-state index in [0.29, 0.717) is 26.2 Å². The first kappa shape index (κ1) is 33.2. The maximum atomic E-state index is 15.8. The Morgan fingerprint density at radius 1 is 0.806 bits per heavy atom. The molecule has 7 nitrogen and oxygen atoms in total. The average Bonchev–Trinajstić information content (AvgIpc) is 2.85. The van der Waals surface area contributed by atoms with Crippen molar-refractivity contribution >= 4 is 5.97 Å². The van der Waals surface area contributed by atoms with Gasteiger partial charge in [0.2, 0.25) is 0 Å². The van der Waals surface area contributed by atoms with Gasteiger partial charge in [-0.1, -0.05) is 53.4 Å². The van der Waals surface area contributed by atoms with E-state index >= 15 is 8.78 Å². The Morgan fingerprint density at radius 2 is 1.31 bits per heavy atom. The zero-order chi connectivity index (χ0) is 27.0. The lowest BCUT2D eigenvalue weighted by Crippen LogP contribution is -2.73. The summed E-state index contributed by atoms with van der Waals surface area (Å²) in [5, 5.41) is 0. The van der Waals surface area contributed by atoms with Gasteiger partial charge in [-0.2, -0.15) is 8.78 Å². The molecule has 0 spiro atoms. The summed E-state index contributed by atoms with van der Waals surface area (Å²) in [6.45, 7) is 12.2. The molecule has 1 aliphatic rings. The van der Waals surface area contributed by atoms with E-state index in [-0.39, 0.29) is 19.8 Å². The quantitative estimate of drug-likeness (QED) is 0.149. The second-order valence-corrected chi connectivity index (χ2v) is 9.51. The molecule has 1 saturated heterocycles. The van der Waals surface area contributed by atoms with Gasteiger partial charge in [0.25, 0.3) is 0 Å². The van der Waals surface area contributed by atoms with Crippen LogP contribution in [0.5, 0.6) is 0 Å². The second-order valence-electron chi connectivity index (χ2n) is 9.51. The van der Waals surface area contributed by atoms with E-state index in [4.69, 9.17) is 28.4 Å². The minimum absolute atomic E-state index is 0.0423. The molecule has 9 heteroatoms. The summed E-state index contributed by atoms with van der Waals surface area (Å²) >= 11 is 0. The summed E-state index contributed by atoms with van der Waals surface area (Å²) in [6.07, 6.45) is 2.95. The van der Waals surface area contributed by atoms with Crippen LogP contribution in [-0.4, -0.2) is 81.6 Å². The van der Waals surface area contributed by atoms with E-state index in [1.807, 2.05) is 20.8 Å². The van der Waals surface area contributed by atoms with E-state index in [1.54, 1.807) is 0 Å². The lowest BCUT2D eigenvalue weighted by molar-refractivity contribution is -0.342. The average molecular weight is 525 g/mol. The summed E-state index contributed by atoms with van der Waals surface area (Å²) in [4.78, 5) is 12.5. The first-order valence-corrected chi connectivity index (χ1v) is 13.9. The molecule has 0 unspecified atom stereocenters. The van der Waals surface area contributed by atoms with Gasteiger partial charge in [-0.05, 0) is 39.5 Å². The molecule has 36 heavy (non-hydrogen) atoms. The van der Waals surface area contributed by atoms with E-state index in [1.165, 1.54) is 13.8 Å². The number of hydrogen-bond donors (Lipinski definition) is 0. The minimum atomic E-state index is -3.98. The fourth-order valence-electron chi connectivity index (χ4n) is 4.12. The molecule has 214 valence electrons. The molecule has 1 aliphatic heterocycles. The number of esters is 1. The zero-order valence-electron chi connectivity index (χ0n) is 23.3. The van der Waals surface area contributed by atoms with Gasteiger partial charge in [-0.3, -0.25) is 0 Å².